The van der Waals surface area contributed by atoms with E-state index >= 15 is 0 Å². The molecule has 6 atom stereocenters. The molecule has 0 aromatic heterocycles. The number of methoxy groups -OCH3 is 1. The first kappa shape index (κ1) is 14.9. The predicted molar refractivity (Wildman–Crippen MR) is 72.6 cm³/mol. The molecule has 2 fully saturated rings. The average Bonchev–Trinajstić information content (AvgIpc) is 2.52. The zero-order valence-corrected chi connectivity index (χ0v) is 11.5. The van der Waals surface area contributed by atoms with Crippen LogP contribution in [0.4, 0.5) is 0 Å². The molecule has 2 heterocycles. The number of rotatable bonds is 2. The summed E-state index contributed by atoms with van der Waals surface area (Å²) in [6, 6.07) is 8.64. The van der Waals surface area contributed by atoms with Gasteiger partial charge in [-0.15, -0.1) is 5.46 Å². The third kappa shape index (κ3) is 2.60. The highest BCUT2D eigenvalue weighted by Crippen LogP contribution is 2.30. The van der Waals surface area contributed by atoms with E-state index < -0.39 is 37.5 Å². The highest BCUT2D eigenvalue weighted by molar-refractivity contribution is 6.74. The second kappa shape index (κ2) is 5.66. The van der Waals surface area contributed by atoms with Crippen molar-refractivity contribution in [1.82, 2.24) is 0 Å². The topological polar surface area (TPSA) is 97.6 Å². The van der Waals surface area contributed by atoms with Gasteiger partial charge in [-0.3, -0.25) is 0 Å². The van der Waals surface area contributed by atoms with Crippen LogP contribution in [0.1, 0.15) is 0 Å². The average molecular weight is 297 g/mol. The van der Waals surface area contributed by atoms with Crippen LogP contribution in [0.5, 0.6) is 0 Å². The molecule has 0 radical (unpaired) electrons. The fourth-order valence-electron chi connectivity index (χ4n) is 2.75. The molecule has 7 nitrogen and oxygen atoms in total. The van der Waals surface area contributed by atoms with Crippen LogP contribution in [-0.2, 0) is 18.8 Å². The number of aliphatic hydroxyl groups is 2. The van der Waals surface area contributed by atoms with Crippen molar-refractivity contribution in [2.75, 3.05) is 13.7 Å². The second-order valence-electron chi connectivity index (χ2n) is 5.28. The highest BCUT2D eigenvalue weighted by atomic mass is 16.8. The van der Waals surface area contributed by atoms with Crippen LogP contribution < -0.4 is 5.46 Å². The Balaban J connectivity index is 1.82. The Bertz CT molecular complexity index is 485. The lowest BCUT2D eigenvalue weighted by molar-refractivity contribution is -0.303. The van der Waals surface area contributed by atoms with Crippen molar-refractivity contribution in [2.24, 2.45) is 0 Å². The minimum atomic E-state index is -2.72. The lowest BCUT2D eigenvalue weighted by atomic mass is 9.68. The molecule has 2 aliphatic heterocycles. The van der Waals surface area contributed by atoms with E-state index in [0.29, 0.717) is 5.46 Å². The Kier molecular flexibility index (Phi) is 4.02. The van der Waals surface area contributed by atoms with Gasteiger partial charge in [-0.1, -0.05) is 30.3 Å². The summed E-state index contributed by atoms with van der Waals surface area (Å²) >= 11 is 0. The second-order valence-corrected chi connectivity index (χ2v) is 5.28. The molecular formula is C13H18BO7-. The molecule has 116 valence electrons. The van der Waals surface area contributed by atoms with Crippen LogP contribution in [0, 0.1) is 0 Å². The molecule has 0 saturated carbocycles. The number of fused-ring (bicyclic) bond motifs is 1. The van der Waals surface area contributed by atoms with Crippen molar-refractivity contribution in [1.29, 1.82) is 0 Å². The highest BCUT2D eigenvalue weighted by Gasteiger charge is 2.50. The summed E-state index contributed by atoms with van der Waals surface area (Å²) in [4.78, 5) is 0. The molecule has 2 saturated heterocycles. The van der Waals surface area contributed by atoms with E-state index in [1.54, 1.807) is 30.3 Å². The van der Waals surface area contributed by atoms with Gasteiger partial charge in [0.25, 0.3) is 0 Å². The lowest BCUT2D eigenvalue weighted by Gasteiger charge is -2.53. The van der Waals surface area contributed by atoms with Gasteiger partial charge in [0.1, 0.15) is 18.3 Å². The number of benzene rings is 1. The number of hydrogen-bond donors (Lipinski definition) is 3. The van der Waals surface area contributed by atoms with E-state index in [1.807, 2.05) is 0 Å². The van der Waals surface area contributed by atoms with E-state index in [1.165, 1.54) is 7.11 Å². The van der Waals surface area contributed by atoms with Crippen molar-refractivity contribution in [3.05, 3.63) is 30.3 Å². The molecule has 0 aliphatic carbocycles. The smallest absolute Gasteiger partial charge is 0.407 e. The van der Waals surface area contributed by atoms with Gasteiger partial charge in [0, 0.05) is 13.7 Å². The largest absolute Gasteiger partial charge is 0.555 e. The van der Waals surface area contributed by atoms with Gasteiger partial charge in [0.2, 0.25) is 0 Å². The van der Waals surface area contributed by atoms with Crippen molar-refractivity contribution in [2.45, 2.75) is 30.7 Å². The molecule has 3 N–H and O–H groups in total. The first-order valence-corrected chi connectivity index (χ1v) is 6.83. The van der Waals surface area contributed by atoms with Crippen molar-refractivity contribution in [3.8, 4) is 0 Å². The van der Waals surface area contributed by atoms with E-state index in [9.17, 15) is 15.2 Å². The number of aliphatic hydroxyl groups excluding tert-OH is 2. The first-order valence-electron chi connectivity index (χ1n) is 6.83. The Morgan fingerprint density at radius 1 is 1.19 bits per heavy atom. The van der Waals surface area contributed by atoms with Gasteiger partial charge in [0.15, 0.2) is 6.29 Å². The van der Waals surface area contributed by atoms with Gasteiger partial charge >= 0.3 is 6.75 Å². The van der Waals surface area contributed by atoms with E-state index in [2.05, 4.69) is 0 Å². The van der Waals surface area contributed by atoms with Gasteiger partial charge < -0.3 is 34.0 Å². The molecule has 0 bridgehead atoms. The summed E-state index contributed by atoms with van der Waals surface area (Å²) < 4.78 is 21.4. The van der Waals surface area contributed by atoms with Crippen LogP contribution in [0.3, 0.4) is 0 Å². The summed E-state index contributed by atoms with van der Waals surface area (Å²) in [6.45, 7) is -2.69. The summed E-state index contributed by atoms with van der Waals surface area (Å²) in [5.41, 5.74) is 0.464. The Hall–Kier alpha value is -0.995. The summed E-state index contributed by atoms with van der Waals surface area (Å²) in [5.74, 6) is 0. The van der Waals surface area contributed by atoms with Crippen LogP contribution >= 0.6 is 0 Å². The monoisotopic (exact) mass is 297 g/mol. The first-order chi connectivity index (χ1) is 10.0. The molecular weight excluding hydrogens is 279 g/mol. The van der Waals surface area contributed by atoms with Crippen LogP contribution in [0.15, 0.2) is 30.3 Å². The summed E-state index contributed by atoms with van der Waals surface area (Å²) in [5, 5.41) is 30.6. The SMILES string of the molecule is CO[C@H]1O[C@@H]2CO[B-](O)(c3ccccc3)O[C@H]2[C@H](O)[C@H]1O. The molecule has 2 aliphatic rings. The van der Waals surface area contributed by atoms with E-state index in [-0.39, 0.29) is 6.61 Å². The van der Waals surface area contributed by atoms with Gasteiger partial charge in [-0.2, -0.15) is 0 Å². The molecule has 1 unspecified atom stereocenters. The van der Waals surface area contributed by atoms with E-state index in [4.69, 9.17) is 18.8 Å². The third-order valence-corrected chi connectivity index (χ3v) is 3.92. The predicted octanol–water partition coefficient (Wildman–Crippen LogP) is -1.67. The van der Waals surface area contributed by atoms with Crippen molar-refractivity contribution < 1.29 is 34.0 Å². The molecule has 1 aromatic rings. The molecule has 0 amide bonds. The molecule has 1 aromatic carbocycles. The fourth-order valence-corrected chi connectivity index (χ4v) is 2.75. The normalized spacial score (nSPS) is 43.3. The van der Waals surface area contributed by atoms with Gasteiger partial charge in [-0.25, -0.2) is 0 Å². The standard InChI is InChI=1S/C13H18BO7/c1-18-13-11(16)10(15)12-9(20-13)7-19-14(17,21-12)8-5-3-2-4-6-8/h2-6,9-13,15-17H,7H2,1H3/q-1/t9-,10-,11-,12-,13+,14?/m1/s1. The molecule has 0 spiro atoms. The van der Waals surface area contributed by atoms with Crippen LogP contribution in [0.25, 0.3) is 0 Å². The Morgan fingerprint density at radius 3 is 2.57 bits per heavy atom. The summed E-state index contributed by atoms with van der Waals surface area (Å²) in [7, 11) is 1.37. The minimum Gasteiger partial charge on any atom is -0.555 e. The summed E-state index contributed by atoms with van der Waals surface area (Å²) in [6.07, 6.45) is -4.98. The van der Waals surface area contributed by atoms with E-state index in [0.717, 1.165) is 0 Å². The fraction of sp³-hybridized carbons (Fsp3) is 0.538. The lowest BCUT2D eigenvalue weighted by Crippen LogP contribution is -2.70. The maximum Gasteiger partial charge on any atom is 0.407 e. The van der Waals surface area contributed by atoms with Crippen LogP contribution in [0.2, 0.25) is 0 Å². The van der Waals surface area contributed by atoms with Gasteiger partial charge in [-0.05, 0) is 0 Å². The maximum atomic E-state index is 10.5. The minimum absolute atomic E-state index is 0.0275. The number of hydrogen-bond acceptors (Lipinski definition) is 7. The third-order valence-electron chi connectivity index (χ3n) is 3.92. The molecule has 8 heteroatoms. The molecule has 3 rings (SSSR count). The van der Waals surface area contributed by atoms with Crippen molar-refractivity contribution in [3.63, 3.8) is 0 Å². The zero-order valence-electron chi connectivity index (χ0n) is 11.5. The quantitative estimate of drug-likeness (QED) is 0.562. The zero-order chi connectivity index (χ0) is 15.0. The van der Waals surface area contributed by atoms with Gasteiger partial charge in [0.05, 0.1) is 6.10 Å². The Morgan fingerprint density at radius 2 is 1.90 bits per heavy atom. The molecule has 21 heavy (non-hydrogen) atoms. The van der Waals surface area contributed by atoms with Crippen LogP contribution in [-0.4, -0.2) is 66.4 Å². The maximum absolute atomic E-state index is 10.5. The number of ether oxygens (including phenoxy) is 2. The van der Waals surface area contributed by atoms with Crippen molar-refractivity contribution >= 4 is 12.2 Å². The Labute approximate surface area is 122 Å².